The van der Waals surface area contributed by atoms with Crippen molar-refractivity contribution in [3.63, 3.8) is 0 Å². The molecule has 0 radical (unpaired) electrons. The van der Waals surface area contributed by atoms with E-state index in [1.54, 1.807) is 0 Å². The second-order valence-electron chi connectivity index (χ2n) is 2.94. The molecule has 0 saturated carbocycles. The predicted octanol–water partition coefficient (Wildman–Crippen LogP) is 0.269. The average molecular weight is 235 g/mol. The highest BCUT2D eigenvalue weighted by Crippen LogP contribution is 2.18. The second-order valence-corrected chi connectivity index (χ2v) is 2.94. The van der Waals surface area contributed by atoms with E-state index in [1.807, 2.05) is 0 Å². The molecule has 17 heavy (non-hydrogen) atoms. The summed E-state index contributed by atoms with van der Waals surface area (Å²) in [5.74, 6) is -1.22. The van der Waals surface area contributed by atoms with Crippen LogP contribution in [0.5, 0.6) is 0 Å². The van der Waals surface area contributed by atoms with Crippen LogP contribution in [0, 0.1) is 10.1 Å². The maximum absolute atomic E-state index is 10.8. The zero-order valence-corrected chi connectivity index (χ0v) is 8.22. The van der Waals surface area contributed by atoms with E-state index in [1.165, 1.54) is 18.6 Å². The highest BCUT2D eigenvalue weighted by atomic mass is 16.6. The first kappa shape index (κ1) is 10.7. The normalized spacial score (nSPS) is 10.1. The van der Waals surface area contributed by atoms with Gasteiger partial charge in [-0.1, -0.05) is 0 Å². The van der Waals surface area contributed by atoms with Crippen LogP contribution in [0.2, 0.25) is 0 Å². The molecule has 2 heterocycles. The van der Waals surface area contributed by atoms with Gasteiger partial charge >= 0.3 is 11.7 Å². The molecule has 0 spiro atoms. The Balaban J connectivity index is 2.55. The minimum atomic E-state index is -1.47. The summed E-state index contributed by atoms with van der Waals surface area (Å²) in [6, 6.07) is 1.45. The molecule has 2 aromatic heterocycles. The molecule has 2 aromatic rings. The highest BCUT2D eigenvalue weighted by Gasteiger charge is 2.25. The number of nitrogens with zero attached hydrogens (tertiary/aromatic N) is 5. The molecule has 0 amide bonds. The summed E-state index contributed by atoms with van der Waals surface area (Å²) in [6.45, 7) is 0. The van der Waals surface area contributed by atoms with Crippen LogP contribution in [-0.4, -0.2) is 35.7 Å². The van der Waals surface area contributed by atoms with E-state index in [0.29, 0.717) is 0 Å². The Labute approximate surface area is 93.5 Å². The fourth-order valence-electron chi connectivity index (χ4n) is 1.19. The summed E-state index contributed by atoms with van der Waals surface area (Å²) in [7, 11) is 0. The van der Waals surface area contributed by atoms with E-state index >= 15 is 0 Å². The molecule has 0 fully saturated rings. The van der Waals surface area contributed by atoms with Crippen molar-refractivity contribution in [3.05, 3.63) is 40.6 Å². The van der Waals surface area contributed by atoms with Crippen LogP contribution in [0.1, 0.15) is 10.5 Å². The smallest absolute Gasteiger partial charge is 0.363 e. The fraction of sp³-hybridized carbons (Fsp3) is 0. The van der Waals surface area contributed by atoms with E-state index in [4.69, 9.17) is 5.11 Å². The maximum Gasteiger partial charge on any atom is 0.363 e. The van der Waals surface area contributed by atoms with Crippen molar-refractivity contribution < 1.29 is 14.8 Å². The lowest BCUT2D eigenvalue weighted by Crippen LogP contribution is -2.03. The predicted molar refractivity (Wildman–Crippen MR) is 52.8 cm³/mol. The van der Waals surface area contributed by atoms with Crippen LogP contribution in [0.4, 0.5) is 5.69 Å². The Hall–Kier alpha value is -2.84. The van der Waals surface area contributed by atoms with Gasteiger partial charge in [0.25, 0.3) is 0 Å². The van der Waals surface area contributed by atoms with Crippen molar-refractivity contribution in [2.75, 3.05) is 0 Å². The molecule has 0 atom stereocenters. The van der Waals surface area contributed by atoms with Crippen molar-refractivity contribution >= 4 is 11.7 Å². The van der Waals surface area contributed by atoms with Crippen LogP contribution in [0.25, 0.3) is 5.82 Å². The number of carboxylic acids is 1. The van der Waals surface area contributed by atoms with Crippen LogP contribution in [-0.2, 0) is 0 Å². The van der Waals surface area contributed by atoms with Gasteiger partial charge in [-0.3, -0.25) is 10.1 Å². The van der Waals surface area contributed by atoms with Gasteiger partial charge in [-0.2, -0.15) is 5.10 Å². The number of aromatic nitrogens is 4. The maximum atomic E-state index is 10.8. The van der Waals surface area contributed by atoms with Gasteiger partial charge in [-0.05, 0) is 0 Å². The van der Waals surface area contributed by atoms with Crippen LogP contribution >= 0.6 is 0 Å². The summed E-state index contributed by atoms with van der Waals surface area (Å²) in [5, 5.41) is 23.0. The number of carbonyl (C=O) groups is 1. The molecule has 0 aliphatic rings. The lowest BCUT2D eigenvalue weighted by atomic mass is 10.4. The van der Waals surface area contributed by atoms with Gasteiger partial charge in [0, 0.05) is 12.3 Å². The molecule has 1 N–H and O–H groups in total. The van der Waals surface area contributed by atoms with Gasteiger partial charge in [0.2, 0.25) is 5.69 Å². The molecule has 0 bridgehead atoms. The molecule has 9 nitrogen and oxygen atoms in total. The summed E-state index contributed by atoms with van der Waals surface area (Å²) >= 11 is 0. The lowest BCUT2D eigenvalue weighted by molar-refractivity contribution is -0.385. The van der Waals surface area contributed by atoms with Gasteiger partial charge in [0.15, 0.2) is 5.82 Å². The lowest BCUT2D eigenvalue weighted by Gasteiger charge is -1.95. The van der Waals surface area contributed by atoms with E-state index in [2.05, 4.69) is 15.1 Å². The Kier molecular flexibility index (Phi) is 2.49. The Morgan fingerprint density at radius 2 is 2.29 bits per heavy atom. The first-order valence-corrected chi connectivity index (χ1v) is 4.33. The third-order valence-corrected chi connectivity index (χ3v) is 1.90. The first-order chi connectivity index (χ1) is 8.09. The average Bonchev–Trinajstić information content (AvgIpc) is 2.75. The summed E-state index contributed by atoms with van der Waals surface area (Å²) in [6.07, 6.45) is 3.63. The van der Waals surface area contributed by atoms with Gasteiger partial charge in [0.1, 0.15) is 12.5 Å². The molecule has 0 aliphatic carbocycles. The highest BCUT2D eigenvalue weighted by molar-refractivity contribution is 5.89. The number of nitro groups is 1. The zero-order valence-electron chi connectivity index (χ0n) is 8.22. The first-order valence-electron chi connectivity index (χ1n) is 4.33. The van der Waals surface area contributed by atoms with Crippen molar-refractivity contribution in [2.45, 2.75) is 0 Å². The summed E-state index contributed by atoms with van der Waals surface area (Å²) < 4.78 is 1.02. The zero-order chi connectivity index (χ0) is 12.4. The minimum absolute atomic E-state index is 0.246. The molecule has 0 aromatic carbocycles. The quantitative estimate of drug-likeness (QED) is 0.597. The molecular formula is C8H5N5O4. The van der Waals surface area contributed by atoms with Crippen molar-refractivity contribution in [1.82, 2.24) is 19.7 Å². The SMILES string of the molecule is O=C(O)c1nn(-c2ccncn2)cc1[N+](=O)[O-]. The third-order valence-electron chi connectivity index (χ3n) is 1.90. The van der Waals surface area contributed by atoms with Gasteiger partial charge in [-0.25, -0.2) is 19.4 Å². The van der Waals surface area contributed by atoms with E-state index < -0.39 is 22.3 Å². The Morgan fingerprint density at radius 1 is 1.53 bits per heavy atom. The number of carboxylic acid groups (broad SMARTS) is 1. The van der Waals surface area contributed by atoms with Gasteiger partial charge < -0.3 is 5.11 Å². The number of hydrogen-bond acceptors (Lipinski definition) is 6. The molecule has 0 saturated heterocycles. The topological polar surface area (TPSA) is 124 Å². The molecule has 0 aliphatic heterocycles. The molecule has 86 valence electrons. The Morgan fingerprint density at radius 3 is 2.76 bits per heavy atom. The largest absolute Gasteiger partial charge is 0.476 e. The monoisotopic (exact) mass is 235 g/mol. The van der Waals surface area contributed by atoms with E-state index in [9.17, 15) is 14.9 Å². The van der Waals surface area contributed by atoms with Gasteiger partial charge in [0.05, 0.1) is 4.92 Å². The van der Waals surface area contributed by atoms with Crippen LogP contribution in [0.15, 0.2) is 24.8 Å². The van der Waals surface area contributed by atoms with Crippen molar-refractivity contribution in [3.8, 4) is 5.82 Å². The molecular weight excluding hydrogens is 230 g/mol. The minimum Gasteiger partial charge on any atom is -0.476 e. The number of aromatic carboxylic acids is 1. The van der Waals surface area contributed by atoms with E-state index in [-0.39, 0.29) is 5.82 Å². The number of rotatable bonds is 3. The standard InChI is InChI=1S/C8H5N5O4/c14-8(15)7-5(13(16)17)3-12(11-7)6-1-2-9-4-10-6/h1-4H,(H,14,15). The summed E-state index contributed by atoms with van der Waals surface area (Å²) in [4.78, 5) is 28.0. The summed E-state index contributed by atoms with van der Waals surface area (Å²) in [5.41, 5.74) is -1.22. The second kappa shape index (κ2) is 3.96. The number of hydrogen-bond donors (Lipinski definition) is 1. The van der Waals surface area contributed by atoms with Gasteiger partial charge in [-0.15, -0.1) is 0 Å². The Bertz CT molecular complexity index is 547. The van der Waals surface area contributed by atoms with Crippen molar-refractivity contribution in [2.24, 2.45) is 0 Å². The molecule has 9 heteroatoms. The van der Waals surface area contributed by atoms with Crippen molar-refractivity contribution in [1.29, 1.82) is 0 Å². The molecule has 2 rings (SSSR count). The fourth-order valence-corrected chi connectivity index (χ4v) is 1.19. The van der Waals surface area contributed by atoms with E-state index in [0.717, 1.165) is 10.9 Å². The third kappa shape index (κ3) is 1.93. The van der Waals surface area contributed by atoms with Crippen LogP contribution < -0.4 is 0 Å². The van der Waals surface area contributed by atoms with Crippen LogP contribution in [0.3, 0.4) is 0 Å². The molecule has 0 unspecified atom stereocenters.